The van der Waals surface area contributed by atoms with Crippen LogP contribution in [-0.2, 0) is 0 Å². The fraction of sp³-hybridized carbons (Fsp3) is 0.538. The van der Waals surface area contributed by atoms with Crippen molar-refractivity contribution in [2.45, 2.75) is 48.5 Å². The zero-order chi connectivity index (χ0) is 13.0. The van der Waals surface area contributed by atoms with Gasteiger partial charge in [0, 0.05) is 16.6 Å². The fourth-order valence-corrected chi connectivity index (χ4v) is 2.90. The van der Waals surface area contributed by atoms with Crippen LogP contribution in [0.15, 0.2) is 29.2 Å². The highest BCUT2D eigenvalue weighted by Crippen LogP contribution is 2.40. The molecule has 1 saturated carbocycles. The van der Waals surface area contributed by atoms with E-state index in [1.165, 1.54) is 12.5 Å². The van der Waals surface area contributed by atoms with Gasteiger partial charge in [-0.3, -0.25) is 0 Å². The Kier molecular flexibility index (Phi) is 4.43. The Morgan fingerprint density at radius 2 is 1.72 bits per heavy atom. The number of alkyl halides is 3. The third-order valence-electron chi connectivity index (χ3n) is 3.08. The first-order valence-corrected chi connectivity index (χ1v) is 6.97. The first-order valence-electron chi connectivity index (χ1n) is 6.16. The van der Waals surface area contributed by atoms with E-state index >= 15 is 0 Å². The summed E-state index contributed by atoms with van der Waals surface area (Å²) in [7, 11) is 0. The molecular formula is C13H16F3NS. The molecule has 0 amide bonds. The summed E-state index contributed by atoms with van der Waals surface area (Å²) < 4.78 is 37.3. The van der Waals surface area contributed by atoms with Gasteiger partial charge in [-0.05, 0) is 36.7 Å². The standard InChI is InChI=1S/C13H16F3NS/c14-13(15,16)18-12-9-5-4-8-11(12)17-10-6-2-1-3-7-10/h4-5,8-10,17H,1-3,6-7H2. The molecule has 2 rings (SSSR count). The van der Waals surface area contributed by atoms with E-state index in [0.29, 0.717) is 11.7 Å². The van der Waals surface area contributed by atoms with Gasteiger partial charge in [0.15, 0.2) is 0 Å². The van der Waals surface area contributed by atoms with Gasteiger partial charge in [-0.15, -0.1) is 0 Å². The Morgan fingerprint density at radius 1 is 1.06 bits per heavy atom. The quantitative estimate of drug-likeness (QED) is 0.775. The summed E-state index contributed by atoms with van der Waals surface area (Å²) in [5, 5.41) is 3.25. The first kappa shape index (κ1) is 13.6. The molecule has 18 heavy (non-hydrogen) atoms. The molecule has 1 aromatic carbocycles. The molecule has 1 aliphatic carbocycles. The minimum absolute atomic E-state index is 0.0466. The van der Waals surface area contributed by atoms with Crippen LogP contribution in [-0.4, -0.2) is 11.6 Å². The molecule has 0 saturated heterocycles. The van der Waals surface area contributed by atoms with Crippen molar-refractivity contribution in [3.05, 3.63) is 24.3 Å². The predicted octanol–water partition coefficient (Wildman–Crippen LogP) is 5.04. The number of hydrogen-bond acceptors (Lipinski definition) is 2. The fourth-order valence-electron chi connectivity index (χ4n) is 2.27. The molecular weight excluding hydrogens is 259 g/mol. The van der Waals surface area contributed by atoms with Gasteiger partial charge in [0.1, 0.15) is 0 Å². The summed E-state index contributed by atoms with van der Waals surface area (Å²) in [5.74, 6) is 0. The van der Waals surface area contributed by atoms with Crippen molar-refractivity contribution in [2.75, 3.05) is 5.32 Å². The molecule has 0 aromatic heterocycles. The van der Waals surface area contributed by atoms with Crippen molar-refractivity contribution in [1.29, 1.82) is 0 Å². The molecule has 1 nitrogen and oxygen atoms in total. The van der Waals surface area contributed by atoms with Crippen LogP contribution in [0.4, 0.5) is 18.9 Å². The van der Waals surface area contributed by atoms with Crippen molar-refractivity contribution in [3.8, 4) is 0 Å². The SMILES string of the molecule is FC(F)(F)Sc1ccccc1NC1CCCCC1. The molecule has 0 atom stereocenters. The highest BCUT2D eigenvalue weighted by Gasteiger charge is 2.30. The molecule has 1 aromatic rings. The summed E-state index contributed by atoms with van der Waals surface area (Å²) in [6.45, 7) is 0. The Bertz CT molecular complexity index is 386. The highest BCUT2D eigenvalue weighted by molar-refractivity contribution is 8.00. The van der Waals surface area contributed by atoms with Crippen molar-refractivity contribution in [3.63, 3.8) is 0 Å². The zero-order valence-corrected chi connectivity index (χ0v) is 10.8. The van der Waals surface area contributed by atoms with Gasteiger partial charge in [-0.2, -0.15) is 13.2 Å². The Morgan fingerprint density at radius 3 is 2.39 bits per heavy atom. The minimum atomic E-state index is -4.23. The first-order chi connectivity index (χ1) is 8.54. The largest absolute Gasteiger partial charge is 0.446 e. The van der Waals surface area contributed by atoms with E-state index in [-0.39, 0.29) is 16.7 Å². The second kappa shape index (κ2) is 5.87. The van der Waals surface area contributed by atoms with Crippen molar-refractivity contribution < 1.29 is 13.2 Å². The van der Waals surface area contributed by atoms with Gasteiger partial charge in [0.2, 0.25) is 0 Å². The molecule has 0 spiro atoms. The van der Waals surface area contributed by atoms with E-state index in [1.807, 2.05) is 0 Å². The number of rotatable bonds is 3. The summed E-state index contributed by atoms with van der Waals surface area (Å²) in [6, 6.07) is 6.96. The monoisotopic (exact) mass is 275 g/mol. The Hall–Kier alpha value is -0.840. The maximum absolute atomic E-state index is 12.4. The van der Waals surface area contributed by atoms with E-state index in [2.05, 4.69) is 5.32 Å². The maximum atomic E-state index is 12.4. The lowest BCUT2D eigenvalue weighted by Crippen LogP contribution is -2.22. The van der Waals surface area contributed by atoms with Crippen LogP contribution in [0.5, 0.6) is 0 Å². The van der Waals surface area contributed by atoms with Gasteiger partial charge in [0.25, 0.3) is 0 Å². The molecule has 0 aliphatic heterocycles. The lowest BCUT2D eigenvalue weighted by Gasteiger charge is -2.25. The Balaban J connectivity index is 2.06. The summed E-state index contributed by atoms with van der Waals surface area (Å²) in [4.78, 5) is 0.260. The Labute approximate surface area is 109 Å². The van der Waals surface area contributed by atoms with Gasteiger partial charge in [0.05, 0.1) is 0 Å². The molecule has 5 heteroatoms. The van der Waals surface area contributed by atoms with Gasteiger partial charge < -0.3 is 5.32 Å². The third kappa shape index (κ3) is 4.12. The van der Waals surface area contributed by atoms with E-state index in [4.69, 9.17) is 0 Å². The number of benzene rings is 1. The number of hydrogen-bond donors (Lipinski definition) is 1. The molecule has 100 valence electrons. The van der Waals surface area contributed by atoms with E-state index in [9.17, 15) is 13.2 Å². The zero-order valence-electron chi connectivity index (χ0n) is 9.96. The predicted molar refractivity (Wildman–Crippen MR) is 68.8 cm³/mol. The van der Waals surface area contributed by atoms with E-state index < -0.39 is 5.51 Å². The molecule has 0 radical (unpaired) electrons. The summed E-state index contributed by atoms with van der Waals surface area (Å²) in [6.07, 6.45) is 5.64. The molecule has 0 unspecified atom stereocenters. The van der Waals surface area contributed by atoms with Gasteiger partial charge in [-0.1, -0.05) is 31.4 Å². The number of halogens is 3. The van der Waals surface area contributed by atoms with Crippen LogP contribution >= 0.6 is 11.8 Å². The average molecular weight is 275 g/mol. The van der Waals surface area contributed by atoms with Crippen LogP contribution < -0.4 is 5.32 Å². The molecule has 0 heterocycles. The van der Waals surface area contributed by atoms with Gasteiger partial charge in [-0.25, -0.2) is 0 Å². The lowest BCUT2D eigenvalue weighted by atomic mass is 9.95. The molecule has 0 bridgehead atoms. The third-order valence-corrected chi connectivity index (χ3v) is 3.88. The summed E-state index contributed by atoms with van der Waals surface area (Å²) in [5.41, 5.74) is -3.63. The molecule has 1 aliphatic rings. The average Bonchev–Trinajstić information content (AvgIpc) is 2.31. The van der Waals surface area contributed by atoms with E-state index in [1.54, 1.807) is 18.2 Å². The second-order valence-electron chi connectivity index (χ2n) is 4.52. The molecule has 1 fully saturated rings. The number of nitrogens with one attached hydrogen (secondary N) is 1. The highest BCUT2D eigenvalue weighted by atomic mass is 32.2. The maximum Gasteiger partial charge on any atom is 0.446 e. The topological polar surface area (TPSA) is 12.0 Å². The number of anilines is 1. The number of thioether (sulfide) groups is 1. The smallest absolute Gasteiger partial charge is 0.381 e. The summed E-state index contributed by atoms with van der Waals surface area (Å²) >= 11 is -0.0466. The lowest BCUT2D eigenvalue weighted by molar-refractivity contribution is -0.0327. The number of para-hydroxylation sites is 1. The van der Waals surface area contributed by atoms with Crippen LogP contribution in [0.25, 0.3) is 0 Å². The normalized spacial score (nSPS) is 17.7. The second-order valence-corrected chi connectivity index (χ2v) is 5.63. The van der Waals surface area contributed by atoms with E-state index in [0.717, 1.165) is 25.7 Å². The van der Waals surface area contributed by atoms with Crippen LogP contribution in [0.1, 0.15) is 32.1 Å². The van der Waals surface area contributed by atoms with Crippen molar-refractivity contribution in [1.82, 2.24) is 0 Å². The minimum Gasteiger partial charge on any atom is -0.381 e. The van der Waals surface area contributed by atoms with Gasteiger partial charge >= 0.3 is 5.51 Å². The van der Waals surface area contributed by atoms with Crippen LogP contribution in [0.2, 0.25) is 0 Å². The van der Waals surface area contributed by atoms with Crippen LogP contribution in [0, 0.1) is 0 Å². The van der Waals surface area contributed by atoms with Crippen LogP contribution in [0.3, 0.4) is 0 Å². The van der Waals surface area contributed by atoms with Crippen molar-refractivity contribution in [2.24, 2.45) is 0 Å². The molecule has 1 N–H and O–H groups in total. The van der Waals surface area contributed by atoms with Crippen molar-refractivity contribution >= 4 is 17.4 Å².